The van der Waals surface area contributed by atoms with Crippen LogP contribution in [0.25, 0.3) is 0 Å². The highest BCUT2D eigenvalue weighted by Gasteiger charge is 2.14. The number of aromatic nitrogens is 2. The van der Waals surface area contributed by atoms with E-state index in [9.17, 15) is 4.79 Å². The van der Waals surface area contributed by atoms with Crippen LogP contribution in [0, 0.1) is 0 Å². The first-order valence-electron chi connectivity index (χ1n) is 6.84. The van der Waals surface area contributed by atoms with Crippen molar-refractivity contribution < 1.29 is 0 Å². The molecule has 5 nitrogen and oxygen atoms in total. The molecule has 2 rings (SSSR count). The van der Waals surface area contributed by atoms with E-state index in [1.807, 2.05) is 0 Å². The number of hydrogen-bond acceptors (Lipinski definition) is 4. The van der Waals surface area contributed by atoms with E-state index in [2.05, 4.69) is 22.5 Å². The first-order valence-corrected chi connectivity index (χ1v) is 6.84. The summed E-state index contributed by atoms with van der Waals surface area (Å²) >= 11 is 0. The molecule has 1 unspecified atom stereocenters. The molecule has 2 heterocycles. The maximum Gasteiger partial charge on any atom is 0.293 e. The Labute approximate surface area is 108 Å². The van der Waals surface area contributed by atoms with Crippen LogP contribution in [0.5, 0.6) is 0 Å². The average Bonchev–Trinajstić information content (AvgIpc) is 2.63. The molecule has 0 radical (unpaired) electrons. The fourth-order valence-electron chi connectivity index (χ4n) is 2.32. The normalized spacial score (nSPS) is 20.4. The predicted molar refractivity (Wildman–Crippen MR) is 72.9 cm³/mol. The molecule has 1 aromatic heterocycles. The molecule has 1 aliphatic heterocycles. The minimum atomic E-state index is -0.00319. The average molecular weight is 250 g/mol. The van der Waals surface area contributed by atoms with Crippen molar-refractivity contribution in [2.75, 3.05) is 18.4 Å². The fourth-order valence-corrected chi connectivity index (χ4v) is 2.32. The maximum atomic E-state index is 12.1. The third kappa shape index (κ3) is 3.32. The van der Waals surface area contributed by atoms with Gasteiger partial charge in [-0.2, -0.15) is 0 Å². The zero-order valence-corrected chi connectivity index (χ0v) is 11.0. The summed E-state index contributed by atoms with van der Waals surface area (Å²) in [7, 11) is 0. The van der Waals surface area contributed by atoms with Gasteiger partial charge in [-0.3, -0.25) is 4.79 Å². The molecule has 1 fully saturated rings. The monoisotopic (exact) mass is 250 g/mol. The number of nitrogens with zero attached hydrogens (tertiary/aromatic N) is 2. The van der Waals surface area contributed by atoms with Crippen molar-refractivity contribution >= 4 is 5.82 Å². The molecule has 1 atom stereocenters. The summed E-state index contributed by atoms with van der Waals surface area (Å²) in [5.41, 5.74) is -0.00319. The van der Waals surface area contributed by atoms with Gasteiger partial charge in [0.25, 0.3) is 5.56 Å². The maximum absolute atomic E-state index is 12.1. The lowest BCUT2D eigenvalue weighted by Gasteiger charge is -2.16. The van der Waals surface area contributed by atoms with Crippen LogP contribution in [-0.4, -0.2) is 28.7 Å². The van der Waals surface area contributed by atoms with E-state index >= 15 is 0 Å². The van der Waals surface area contributed by atoms with Gasteiger partial charge in [0, 0.05) is 25.0 Å². The Balaban J connectivity index is 2.08. The predicted octanol–water partition coefficient (Wildman–Crippen LogP) is 1.21. The highest BCUT2D eigenvalue weighted by atomic mass is 16.1. The van der Waals surface area contributed by atoms with E-state index in [1.54, 1.807) is 17.0 Å². The molecule has 2 N–H and O–H groups in total. The van der Waals surface area contributed by atoms with Crippen molar-refractivity contribution in [3.05, 3.63) is 22.7 Å². The molecule has 0 bridgehead atoms. The summed E-state index contributed by atoms with van der Waals surface area (Å²) < 4.78 is 1.73. The number of nitrogens with one attached hydrogen (secondary N) is 2. The van der Waals surface area contributed by atoms with Gasteiger partial charge in [-0.25, -0.2) is 4.98 Å². The number of aryl methyl sites for hydroxylation is 1. The molecule has 5 heteroatoms. The van der Waals surface area contributed by atoms with E-state index in [4.69, 9.17) is 0 Å². The second-order valence-corrected chi connectivity index (χ2v) is 4.80. The highest BCUT2D eigenvalue weighted by molar-refractivity contribution is 5.32. The Hall–Kier alpha value is -1.36. The first-order chi connectivity index (χ1) is 8.81. The topological polar surface area (TPSA) is 59.0 Å². The SMILES string of the molecule is CCCn1ccnc(NC2CCCNCC2)c1=O. The van der Waals surface area contributed by atoms with Crippen molar-refractivity contribution in [3.8, 4) is 0 Å². The molecule has 18 heavy (non-hydrogen) atoms. The van der Waals surface area contributed by atoms with Crippen molar-refractivity contribution in [2.24, 2.45) is 0 Å². The van der Waals surface area contributed by atoms with E-state index in [0.717, 1.165) is 45.3 Å². The second-order valence-electron chi connectivity index (χ2n) is 4.80. The van der Waals surface area contributed by atoms with Crippen LogP contribution in [0.3, 0.4) is 0 Å². The Morgan fingerprint density at radius 3 is 3.22 bits per heavy atom. The molecule has 0 amide bonds. The van der Waals surface area contributed by atoms with Crippen molar-refractivity contribution in [1.29, 1.82) is 0 Å². The third-order valence-corrected chi connectivity index (χ3v) is 3.29. The fraction of sp³-hybridized carbons (Fsp3) is 0.692. The van der Waals surface area contributed by atoms with Gasteiger partial charge in [0.2, 0.25) is 0 Å². The van der Waals surface area contributed by atoms with Crippen LogP contribution in [0.2, 0.25) is 0 Å². The largest absolute Gasteiger partial charge is 0.363 e. The third-order valence-electron chi connectivity index (χ3n) is 3.29. The van der Waals surface area contributed by atoms with E-state index in [-0.39, 0.29) is 5.56 Å². The smallest absolute Gasteiger partial charge is 0.293 e. The van der Waals surface area contributed by atoms with Gasteiger partial charge in [-0.05, 0) is 38.8 Å². The Morgan fingerprint density at radius 1 is 1.50 bits per heavy atom. The molecule has 100 valence electrons. The van der Waals surface area contributed by atoms with Gasteiger partial charge in [0.05, 0.1) is 0 Å². The first kappa shape index (κ1) is 13.1. The molecule has 1 saturated heterocycles. The minimum absolute atomic E-state index is 0.00319. The summed E-state index contributed by atoms with van der Waals surface area (Å²) in [4.78, 5) is 16.3. The van der Waals surface area contributed by atoms with Crippen LogP contribution in [-0.2, 0) is 6.54 Å². The van der Waals surface area contributed by atoms with Crippen LogP contribution >= 0.6 is 0 Å². The van der Waals surface area contributed by atoms with Crippen LogP contribution in [0.1, 0.15) is 32.6 Å². The molecule has 0 aromatic carbocycles. The molecule has 0 spiro atoms. The molecular weight excluding hydrogens is 228 g/mol. The molecule has 0 saturated carbocycles. The highest BCUT2D eigenvalue weighted by Crippen LogP contribution is 2.09. The minimum Gasteiger partial charge on any atom is -0.363 e. The standard InChI is InChI=1S/C13H22N4O/c1-2-9-17-10-8-15-12(13(17)18)16-11-4-3-6-14-7-5-11/h8,10-11,14H,2-7,9H2,1H3,(H,15,16). The number of rotatable bonds is 4. The molecule has 0 aliphatic carbocycles. The van der Waals surface area contributed by atoms with E-state index < -0.39 is 0 Å². The van der Waals surface area contributed by atoms with E-state index in [0.29, 0.717) is 11.9 Å². The lowest BCUT2D eigenvalue weighted by molar-refractivity contribution is 0.620. The molecule has 1 aliphatic rings. The van der Waals surface area contributed by atoms with Gasteiger partial charge >= 0.3 is 0 Å². The quantitative estimate of drug-likeness (QED) is 0.843. The van der Waals surface area contributed by atoms with Crippen molar-refractivity contribution in [3.63, 3.8) is 0 Å². The van der Waals surface area contributed by atoms with E-state index in [1.165, 1.54) is 0 Å². The van der Waals surface area contributed by atoms with Crippen molar-refractivity contribution in [2.45, 2.75) is 45.2 Å². The number of anilines is 1. The second kappa shape index (κ2) is 6.54. The summed E-state index contributed by atoms with van der Waals surface area (Å²) in [6, 6.07) is 0.359. The lowest BCUT2D eigenvalue weighted by Crippen LogP contribution is -2.29. The van der Waals surface area contributed by atoms with Gasteiger partial charge < -0.3 is 15.2 Å². The van der Waals surface area contributed by atoms with Gasteiger partial charge in [0.15, 0.2) is 5.82 Å². The summed E-state index contributed by atoms with van der Waals surface area (Å²) in [6.07, 6.45) is 7.70. The lowest BCUT2D eigenvalue weighted by atomic mass is 10.1. The Morgan fingerprint density at radius 2 is 2.39 bits per heavy atom. The summed E-state index contributed by atoms with van der Waals surface area (Å²) in [6.45, 7) is 4.90. The molecular formula is C13H22N4O. The van der Waals surface area contributed by atoms with Gasteiger partial charge in [-0.1, -0.05) is 6.92 Å². The summed E-state index contributed by atoms with van der Waals surface area (Å²) in [5.74, 6) is 0.498. The van der Waals surface area contributed by atoms with Gasteiger partial charge in [0.1, 0.15) is 0 Å². The number of hydrogen-bond donors (Lipinski definition) is 2. The van der Waals surface area contributed by atoms with Crippen LogP contribution < -0.4 is 16.2 Å². The Kier molecular flexibility index (Phi) is 4.75. The Bertz CT molecular complexity index is 421. The zero-order valence-electron chi connectivity index (χ0n) is 11.0. The zero-order chi connectivity index (χ0) is 12.8. The van der Waals surface area contributed by atoms with Crippen molar-refractivity contribution in [1.82, 2.24) is 14.9 Å². The van der Waals surface area contributed by atoms with Crippen LogP contribution in [0.4, 0.5) is 5.82 Å². The summed E-state index contributed by atoms with van der Waals surface area (Å²) in [5, 5.41) is 6.67. The molecule has 1 aromatic rings. The van der Waals surface area contributed by atoms with Gasteiger partial charge in [-0.15, -0.1) is 0 Å². The van der Waals surface area contributed by atoms with Crippen LogP contribution in [0.15, 0.2) is 17.2 Å².